The first kappa shape index (κ1) is 22.9. The van der Waals surface area contributed by atoms with Crippen molar-refractivity contribution in [1.82, 2.24) is 0 Å². The fourth-order valence-corrected chi connectivity index (χ4v) is 2.28. The Labute approximate surface area is 144 Å². The van der Waals surface area contributed by atoms with Gasteiger partial charge in [-0.05, 0) is 19.3 Å². The number of aliphatic carboxylic acids is 1. The van der Waals surface area contributed by atoms with Gasteiger partial charge >= 0.3 is 5.97 Å². The Hall–Kier alpha value is -1.13. The Morgan fingerprint density at radius 3 is 2.12 bits per heavy atom. The molecule has 0 aliphatic carbocycles. The summed E-state index contributed by atoms with van der Waals surface area (Å²) in [7, 11) is 0. The van der Waals surface area contributed by atoms with Crippen LogP contribution in [0.1, 0.15) is 71.1 Å². The van der Waals surface area contributed by atoms with Crippen molar-refractivity contribution >= 4 is 5.97 Å². The molecule has 24 heavy (non-hydrogen) atoms. The molecule has 0 aliphatic rings. The Bertz CT molecular complexity index is 387. The van der Waals surface area contributed by atoms with Crippen LogP contribution in [0.25, 0.3) is 0 Å². The highest BCUT2D eigenvalue weighted by Crippen LogP contribution is 2.12. The second-order valence-electron chi connectivity index (χ2n) is 6.15. The third kappa shape index (κ3) is 12.3. The van der Waals surface area contributed by atoms with Crippen LogP contribution in [-0.2, 0) is 4.79 Å². The molecule has 6 nitrogen and oxygen atoms in total. The first-order chi connectivity index (χ1) is 11.4. The van der Waals surface area contributed by atoms with E-state index >= 15 is 0 Å². The van der Waals surface area contributed by atoms with Gasteiger partial charge in [-0.25, -0.2) is 0 Å². The standard InChI is InChI=1S/C18H32O6/c1-2-3-9-14(19)12-13-16(21)18(24)15(20)10-7-5-4-6-8-11-17(22)23/h14-16,18-21,24H,2-11H2,1H3,(H,22,23). The lowest BCUT2D eigenvalue weighted by Gasteiger charge is -2.19. The van der Waals surface area contributed by atoms with Gasteiger partial charge in [0.05, 0.1) is 6.10 Å². The van der Waals surface area contributed by atoms with E-state index in [0.717, 1.165) is 32.1 Å². The van der Waals surface area contributed by atoms with Gasteiger partial charge in [0, 0.05) is 6.42 Å². The monoisotopic (exact) mass is 344 g/mol. The minimum Gasteiger partial charge on any atom is -0.481 e. The van der Waals surface area contributed by atoms with E-state index in [1.54, 1.807) is 0 Å². The lowest BCUT2D eigenvalue weighted by Crippen LogP contribution is -2.36. The number of unbranched alkanes of at least 4 members (excludes halogenated alkanes) is 5. The van der Waals surface area contributed by atoms with Crippen molar-refractivity contribution in [3.63, 3.8) is 0 Å². The summed E-state index contributed by atoms with van der Waals surface area (Å²) in [6.45, 7) is 2.00. The zero-order valence-electron chi connectivity index (χ0n) is 14.5. The molecule has 4 unspecified atom stereocenters. The quantitative estimate of drug-likeness (QED) is 0.255. The van der Waals surface area contributed by atoms with Crippen LogP contribution < -0.4 is 0 Å². The van der Waals surface area contributed by atoms with Crippen molar-refractivity contribution in [3.05, 3.63) is 0 Å². The highest BCUT2D eigenvalue weighted by Gasteiger charge is 2.22. The maximum Gasteiger partial charge on any atom is 0.303 e. The molecule has 0 amide bonds. The highest BCUT2D eigenvalue weighted by atomic mass is 16.4. The van der Waals surface area contributed by atoms with Crippen molar-refractivity contribution in [1.29, 1.82) is 0 Å². The van der Waals surface area contributed by atoms with Crippen LogP contribution in [0.5, 0.6) is 0 Å². The van der Waals surface area contributed by atoms with Gasteiger partial charge in [0.15, 0.2) is 0 Å². The molecule has 140 valence electrons. The third-order valence-corrected chi connectivity index (χ3v) is 3.84. The lowest BCUT2D eigenvalue weighted by molar-refractivity contribution is -0.137. The summed E-state index contributed by atoms with van der Waals surface area (Å²) in [6.07, 6.45) is 2.06. The van der Waals surface area contributed by atoms with E-state index in [1.165, 1.54) is 0 Å². The Morgan fingerprint density at radius 2 is 1.50 bits per heavy atom. The number of carboxylic acid groups (broad SMARTS) is 1. The van der Waals surface area contributed by atoms with Crippen molar-refractivity contribution in [3.8, 4) is 11.8 Å². The van der Waals surface area contributed by atoms with Crippen LogP contribution >= 0.6 is 0 Å². The van der Waals surface area contributed by atoms with Crippen LogP contribution in [0.3, 0.4) is 0 Å². The summed E-state index contributed by atoms with van der Waals surface area (Å²) in [5, 5.41) is 47.5. The van der Waals surface area contributed by atoms with E-state index in [1.807, 2.05) is 6.92 Å². The average molecular weight is 344 g/mol. The van der Waals surface area contributed by atoms with E-state index in [0.29, 0.717) is 25.7 Å². The summed E-state index contributed by atoms with van der Waals surface area (Å²) in [4.78, 5) is 10.4. The smallest absolute Gasteiger partial charge is 0.303 e. The molecular weight excluding hydrogens is 312 g/mol. The summed E-state index contributed by atoms with van der Waals surface area (Å²) in [5.41, 5.74) is 0. The zero-order valence-corrected chi connectivity index (χ0v) is 14.5. The second-order valence-corrected chi connectivity index (χ2v) is 6.15. The molecule has 0 aromatic carbocycles. The van der Waals surface area contributed by atoms with Crippen molar-refractivity contribution < 1.29 is 30.3 Å². The van der Waals surface area contributed by atoms with Gasteiger partial charge in [-0.1, -0.05) is 57.3 Å². The van der Waals surface area contributed by atoms with E-state index in [4.69, 9.17) is 5.11 Å². The minimum atomic E-state index is -1.38. The van der Waals surface area contributed by atoms with Crippen molar-refractivity contribution in [2.45, 2.75) is 95.5 Å². The molecule has 0 heterocycles. The Balaban J connectivity index is 3.90. The van der Waals surface area contributed by atoms with E-state index in [-0.39, 0.29) is 6.42 Å². The van der Waals surface area contributed by atoms with Gasteiger partial charge in [0.2, 0.25) is 0 Å². The first-order valence-corrected chi connectivity index (χ1v) is 8.83. The molecule has 5 N–H and O–H groups in total. The van der Waals surface area contributed by atoms with Crippen molar-refractivity contribution in [2.24, 2.45) is 0 Å². The molecule has 0 aromatic heterocycles. The van der Waals surface area contributed by atoms with Gasteiger partial charge in [-0.3, -0.25) is 4.79 Å². The molecule has 0 saturated carbocycles. The fourth-order valence-electron chi connectivity index (χ4n) is 2.28. The maximum absolute atomic E-state index is 10.4. The van der Waals surface area contributed by atoms with Gasteiger partial charge < -0.3 is 25.5 Å². The maximum atomic E-state index is 10.4. The molecule has 0 aliphatic heterocycles. The highest BCUT2D eigenvalue weighted by molar-refractivity contribution is 5.66. The molecule has 0 radical (unpaired) electrons. The second kappa shape index (κ2) is 14.2. The predicted molar refractivity (Wildman–Crippen MR) is 91.3 cm³/mol. The average Bonchev–Trinajstić information content (AvgIpc) is 2.55. The Morgan fingerprint density at radius 1 is 0.875 bits per heavy atom. The summed E-state index contributed by atoms with van der Waals surface area (Å²) >= 11 is 0. The number of hydrogen-bond acceptors (Lipinski definition) is 5. The molecule has 0 spiro atoms. The SMILES string of the molecule is CCCCC(O)C#CC(O)C(O)C(O)CCCCCCCC(=O)O. The predicted octanol–water partition coefficient (Wildman–Crippen LogP) is 1.44. The van der Waals surface area contributed by atoms with E-state index < -0.39 is 30.4 Å². The van der Waals surface area contributed by atoms with Gasteiger partial charge in [0.1, 0.15) is 18.3 Å². The van der Waals surface area contributed by atoms with Crippen LogP contribution in [0.4, 0.5) is 0 Å². The van der Waals surface area contributed by atoms with Crippen LogP contribution in [0.2, 0.25) is 0 Å². The van der Waals surface area contributed by atoms with E-state index in [2.05, 4.69) is 11.8 Å². The largest absolute Gasteiger partial charge is 0.481 e. The number of carboxylic acids is 1. The number of aliphatic hydroxyl groups excluding tert-OH is 4. The molecule has 0 bridgehead atoms. The normalized spacial score (nSPS) is 15.9. The first-order valence-electron chi connectivity index (χ1n) is 8.83. The zero-order chi connectivity index (χ0) is 18.4. The fraction of sp³-hybridized carbons (Fsp3) is 0.833. The molecule has 0 aromatic rings. The van der Waals surface area contributed by atoms with Gasteiger partial charge in [0.25, 0.3) is 0 Å². The molecule has 0 saturated heterocycles. The number of rotatable bonds is 13. The van der Waals surface area contributed by atoms with E-state index in [9.17, 15) is 25.2 Å². The topological polar surface area (TPSA) is 118 Å². The minimum absolute atomic E-state index is 0.177. The molecule has 6 heteroatoms. The molecule has 0 rings (SSSR count). The molecular formula is C18H32O6. The van der Waals surface area contributed by atoms with Crippen LogP contribution in [0.15, 0.2) is 0 Å². The summed E-state index contributed by atoms with van der Waals surface area (Å²) in [6, 6.07) is 0. The number of aliphatic hydroxyl groups is 4. The van der Waals surface area contributed by atoms with Crippen molar-refractivity contribution in [2.75, 3.05) is 0 Å². The lowest BCUT2D eigenvalue weighted by atomic mass is 10.0. The summed E-state index contributed by atoms with van der Waals surface area (Å²) < 4.78 is 0. The van der Waals surface area contributed by atoms with Crippen LogP contribution in [0, 0.1) is 11.8 Å². The Kier molecular flexibility index (Phi) is 13.6. The number of carbonyl (C=O) groups is 1. The van der Waals surface area contributed by atoms with Gasteiger partial charge in [-0.15, -0.1) is 0 Å². The van der Waals surface area contributed by atoms with Gasteiger partial charge in [-0.2, -0.15) is 0 Å². The molecule has 4 atom stereocenters. The molecule has 0 fully saturated rings. The van der Waals surface area contributed by atoms with Crippen LogP contribution in [-0.4, -0.2) is 55.9 Å². The number of hydrogen-bond donors (Lipinski definition) is 5. The summed E-state index contributed by atoms with van der Waals surface area (Å²) in [5.74, 6) is 4.09. The third-order valence-electron chi connectivity index (χ3n) is 3.84.